The van der Waals surface area contributed by atoms with E-state index in [1.165, 1.54) is 12.1 Å². The number of aromatic nitrogens is 6. The lowest BCUT2D eigenvalue weighted by Gasteiger charge is -2.20. The maximum Gasteiger partial charge on any atom is 0.175 e. The Bertz CT molecular complexity index is 2410. The highest BCUT2D eigenvalue weighted by atomic mass is 35.5. The van der Waals surface area contributed by atoms with E-state index in [-0.39, 0.29) is 67.9 Å². The van der Waals surface area contributed by atoms with Crippen LogP contribution in [-0.4, -0.2) is 44.0 Å². The van der Waals surface area contributed by atoms with Gasteiger partial charge < -0.3 is 19.1 Å². The van der Waals surface area contributed by atoms with Crippen molar-refractivity contribution in [3.63, 3.8) is 0 Å². The number of nitrogens with one attached hydrogen (secondary N) is 1. The van der Waals surface area contributed by atoms with Crippen molar-refractivity contribution < 1.29 is 13.8 Å². The minimum Gasteiger partial charge on any atom is -0.452 e. The minimum absolute atomic E-state index is 0.0611. The summed E-state index contributed by atoms with van der Waals surface area (Å²) in [5.74, 6) is 0.717. The van der Waals surface area contributed by atoms with Gasteiger partial charge in [0.15, 0.2) is 16.9 Å². The summed E-state index contributed by atoms with van der Waals surface area (Å²) in [6.45, 7) is 0.251. The van der Waals surface area contributed by atoms with Gasteiger partial charge in [-0.05, 0) is 41.5 Å². The number of hydrogen-bond acceptors (Lipinski definition) is 9. The van der Waals surface area contributed by atoms with Crippen LogP contribution >= 0.6 is 52.4 Å². The summed E-state index contributed by atoms with van der Waals surface area (Å²) in [6.07, 6.45) is 0. The predicted octanol–water partition coefficient (Wildman–Crippen LogP) is 9.99. The lowest BCUT2D eigenvalue weighted by Crippen LogP contribution is -2.11. The van der Waals surface area contributed by atoms with Crippen LogP contribution in [0.4, 0.5) is 5.82 Å². The molecule has 0 aliphatic heterocycles. The molecule has 16 heteroatoms. The topological polar surface area (TPSA) is 125 Å². The largest absolute Gasteiger partial charge is 0.452 e. The number of anilines is 1. The van der Waals surface area contributed by atoms with E-state index in [9.17, 15) is 5.26 Å². The van der Waals surface area contributed by atoms with E-state index in [2.05, 4.69) is 39.9 Å². The van der Waals surface area contributed by atoms with Crippen LogP contribution in [0.15, 0.2) is 97.1 Å². The summed E-state index contributed by atoms with van der Waals surface area (Å²) in [4.78, 5) is 5.12. The Kier molecular flexibility index (Phi) is 11.2. The molecule has 0 fully saturated rings. The van der Waals surface area contributed by atoms with Gasteiger partial charge in [0.25, 0.3) is 0 Å². The number of nitrogens with zero attached hydrogens (tertiary/aromatic N) is 7. The molecule has 0 aliphatic carbocycles. The lowest BCUT2D eigenvalue weighted by molar-refractivity contribution is 0.458. The number of halogens is 3. The van der Waals surface area contributed by atoms with Gasteiger partial charge in [-0.15, -0.1) is 5.10 Å². The third-order valence-electron chi connectivity index (χ3n) is 8.11. The molecule has 0 radical (unpaired) electrons. The van der Waals surface area contributed by atoms with Crippen LogP contribution in [-0.2, 0) is 15.6 Å². The molecule has 0 bridgehead atoms. The standard InChI is InChI=1S/C36H29Cl3N8O3P2/c1-48-51-35(21-9-5-3-6-10-21)42-30-16-13-25-27(44-47(34(25)41-30)36(52-49-2)22-11-7-4-8-12-22)20-46-28-15-14-26(38)33(32(28)43-45-46)50-29-18-24(37)17-23(19-40)31(29)39/h3-18,35-36,51-52H,20H2,1-2H3,(H,41,42). The number of fused-ring (bicyclic) bond motifs is 2. The van der Waals surface area contributed by atoms with Crippen molar-refractivity contribution in [1.29, 1.82) is 5.26 Å². The van der Waals surface area contributed by atoms with Crippen LogP contribution in [0.2, 0.25) is 15.1 Å². The highest BCUT2D eigenvalue weighted by Gasteiger charge is 2.24. The zero-order valence-corrected chi connectivity index (χ0v) is 31.9. The van der Waals surface area contributed by atoms with E-state index >= 15 is 0 Å². The molecule has 3 aromatic heterocycles. The normalized spacial score (nSPS) is 13.0. The summed E-state index contributed by atoms with van der Waals surface area (Å²) in [6, 6.07) is 32.7. The zero-order valence-electron chi connectivity index (χ0n) is 27.6. The molecule has 11 nitrogen and oxygen atoms in total. The van der Waals surface area contributed by atoms with Crippen molar-refractivity contribution in [3.05, 3.63) is 135 Å². The molecule has 7 rings (SSSR count). The first kappa shape index (κ1) is 36.0. The Morgan fingerprint density at radius 1 is 0.885 bits per heavy atom. The van der Waals surface area contributed by atoms with Crippen molar-refractivity contribution in [2.24, 2.45) is 0 Å². The fourth-order valence-electron chi connectivity index (χ4n) is 5.73. The van der Waals surface area contributed by atoms with Crippen molar-refractivity contribution in [3.8, 4) is 17.6 Å². The van der Waals surface area contributed by atoms with E-state index < -0.39 is 0 Å². The third kappa shape index (κ3) is 7.43. The SMILES string of the molecule is COPC(Nc1ccc2c(Cn3nnc4c(Oc5cc(Cl)cc(C#N)c5Cl)c(Cl)ccc43)nn(C(POC)c3ccccc3)c2n1)c1ccccc1. The number of hydrogen-bond donors (Lipinski definition) is 1. The van der Waals surface area contributed by atoms with Crippen molar-refractivity contribution in [2.45, 2.75) is 18.1 Å². The van der Waals surface area contributed by atoms with Crippen LogP contribution in [0.25, 0.3) is 22.1 Å². The van der Waals surface area contributed by atoms with Crippen molar-refractivity contribution in [1.82, 2.24) is 29.8 Å². The molecule has 52 heavy (non-hydrogen) atoms. The molecular formula is C36H29Cl3N8O3P2. The molecule has 262 valence electrons. The van der Waals surface area contributed by atoms with Crippen LogP contribution < -0.4 is 10.1 Å². The van der Waals surface area contributed by atoms with E-state index in [1.807, 2.05) is 65.3 Å². The number of rotatable bonds is 13. The van der Waals surface area contributed by atoms with Gasteiger partial charge in [0.1, 0.15) is 28.4 Å². The molecule has 0 saturated carbocycles. The molecular weight excluding hydrogens is 761 g/mol. The van der Waals surface area contributed by atoms with Crippen LogP contribution in [0.5, 0.6) is 11.5 Å². The van der Waals surface area contributed by atoms with Gasteiger partial charge in [-0.25, -0.2) is 14.3 Å². The molecule has 1 N–H and O–H groups in total. The number of nitriles is 1. The van der Waals surface area contributed by atoms with Crippen molar-refractivity contribution >= 4 is 80.3 Å². The van der Waals surface area contributed by atoms with E-state index in [1.54, 1.807) is 25.0 Å². The van der Waals surface area contributed by atoms with Gasteiger partial charge in [0.05, 0.1) is 34.1 Å². The van der Waals surface area contributed by atoms with Crippen LogP contribution in [0, 0.1) is 11.3 Å². The average Bonchev–Trinajstić information content (AvgIpc) is 3.74. The van der Waals surface area contributed by atoms with Gasteiger partial charge >= 0.3 is 0 Å². The third-order valence-corrected chi connectivity index (χ3v) is 11.0. The molecule has 0 spiro atoms. The molecule has 0 saturated heterocycles. The number of pyridine rings is 1. The molecule has 7 aromatic rings. The summed E-state index contributed by atoms with van der Waals surface area (Å²) in [7, 11) is 3.60. The van der Waals surface area contributed by atoms with Gasteiger partial charge in [-0.3, -0.25) is 0 Å². The molecule has 4 unspecified atom stereocenters. The van der Waals surface area contributed by atoms with Gasteiger partial charge in [0.2, 0.25) is 0 Å². The maximum absolute atomic E-state index is 9.50. The molecule has 4 atom stereocenters. The molecule has 0 amide bonds. The zero-order chi connectivity index (χ0) is 36.2. The highest BCUT2D eigenvalue weighted by molar-refractivity contribution is 7.33. The quantitative estimate of drug-likeness (QED) is 0.114. The van der Waals surface area contributed by atoms with Gasteiger partial charge in [-0.1, -0.05) is 101 Å². The average molecular weight is 790 g/mol. The van der Waals surface area contributed by atoms with Gasteiger partial charge in [0, 0.05) is 48.3 Å². The fraction of sp³-hybridized carbons (Fsp3) is 0.139. The monoisotopic (exact) mass is 788 g/mol. The number of ether oxygens (including phenoxy) is 1. The molecule has 3 heterocycles. The Balaban J connectivity index is 1.30. The van der Waals surface area contributed by atoms with E-state index in [0.717, 1.165) is 22.2 Å². The smallest absolute Gasteiger partial charge is 0.175 e. The first-order valence-corrected chi connectivity index (χ1v) is 18.9. The molecule has 0 aliphatic rings. The molecule has 4 aromatic carbocycles. The Labute approximate surface area is 317 Å². The second-order valence-corrected chi connectivity index (χ2v) is 15.0. The Morgan fingerprint density at radius 3 is 2.33 bits per heavy atom. The van der Waals surface area contributed by atoms with E-state index in [0.29, 0.717) is 22.5 Å². The number of benzene rings is 4. The van der Waals surface area contributed by atoms with Crippen molar-refractivity contribution in [2.75, 3.05) is 19.5 Å². The predicted molar refractivity (Wildman–Crippen MR) is 208 cm³/mol. The summed E-state index contributed by atoms with van der Waals surface area (Å²) in [5.41, 5.74) is 4.71. The lowest BCUT2D eigenvalue weighted by atomic mass is 10.2. The Morgan fingerprint density at radius 2 is 1.62 bits per heavy atom. The second-order valence-electron chi connectivity index (χ2n) is 11.4. The summed E-state index contributed by atoms with van der Waals surface area (Å²) in [5, 5.41) is 28.6. The first-order chi connectivity index (χ1) is 25.4. The first-order valence-electron chi connectivity index (χ1n) is 15.8. The Hall–Kier alpha value is -4.36. The fourth-order valence-corrected chi connectivity index (χ4v) is 7.92. The minimum atomic E-state index is -0.247. The summed E-state index contributed by atoms with van der Waals surface area (Å²) >= 11 is 19.3. The van der Waals surface area contributed by atoms with Crippen LogP contribution in [0.3, 0.4) is 0 Å². The van der Waals surface area contributed by atoms with Crippen LogP contribution in [0.1, 0.15) is 34.0 Å². The highest BCUT2D eigenvalue weighted by Crippen LogP contribution is 2.42. The van der Waals surface area contributed by atoms with E-state index in [4.69, 9.17) is 58.7 Å². The van der Waals surface area contributed by atoms with Gasteiger partial charge in [-0.2, -0.15) is 10.4 Å². The maximum atomic E-state index is 9.50. The second kappa shape index (κ2) is 16.1. The summed E-state index contributed by atoms with van der Waals surface area (Å²) < 4.78 is 21.1.